The molecule has 1 aliphatic heterocycles. The molecule has 0 aliphatic carbocycles. The SMILES string of the molecule is CN=C(NCCc1nc(C(F)(F)F)cs1)NCC1(C)CCCS1.I. The number of guanidine groups is 1. The Bertz CT molecular complexity index is 542. The number of hydrogen-bond donors (Lipinski definition) is 2. The maximum atomic E-state index is 12.5. The predicted molar refractivity (Wildman–Crippen MR) is 106 cm³/mol. The van der Waals surface area contributed by atoms with Gasteiger partial charge in [-0.3, -0.25) is 4.99 Å². The number of halogens is 4. The van der Waals surface area contributed by atoms with E-state index in [1.54, 1.807) is 7.05 Å². The van der Waals surface area contributed by atoms with Gasteiger partial charge in [-0.1, -0.05) is 0 Å². The molecule has 1 atom stereocenters. The molecule has 24 heavy (non-hydrogen) atoms. The van der Waals surface area contributed by atoms with Crippen molar-refractivity contribution >= 4 is 53.0 Å². The number of hydrogen-bond acceptors (Lipinski definition) is 4. The van der Waals surface area contributed by atoms with E-state index in [1.807, 2.05) is 11.8 Å². The fourth-order valence-electron chi connectivity index (χ4n) is 2.31. The zero-order valence-electron chi connectivity index (χ0n) is 13.6. The predicted octanol–water partition coefficient (Wildman–Crippen LogP) is 3.77. The molecule has 0 amide bonds. The number of nitrogens with one attached hydrogen (secondary N) is 2. The first-order valence-corrected chi connectivity index (χ1v) is 9.29. The Morgan fingerprint density at radius 1 is 1.42 bits per heavy atom. The van der Waals surface area contributed by atoms with Crippen molar-refractivity contribution in [3.05, 3.63) is 16.1 Å². The molecule has 0 aromatic carbocycles. The Kier molecular flexibility index (Phi) is 8.60. The normalized spacial score (nSPS) is 21.5. The van der Waals surface area contributed by atoms with Crippen LogP contribution in [0.2, 0.25) is 0 Å². The minimum atomic E-state index is -4.37. The fourth-order valence-corrected chi connectivity index (χ4v) is 4.36. The van der Waals surface area contributed by atoms with Crippen LogP contribution in [0.5, 0.6) is 0 Å². The molecule has 2 N–H and O–H groups in total. The van der Waals surface area contributed by atoms with Gasteiger partial charge in [0.2, 0.25) is 0 Å². The van der Waals surface area contributed by atoms with Gasteiger partial charge in [0.15, 0.2) is 11.7 Å². The molecule has 10 heteroatoms. The highest BCUT2D eigenvalue weighted by molar-refractivity contribution is 14.0. The summed E-state index contributed by atoms with van der Waals surface area (Å²) in [6.07, 6.45) is -1.51. The number of aliphatic imine (C=N–C) groups is 1. The second-order valence-corrected chi connectivity index (χ2v) is 8.25. The standard InChI is InChI=1S/C14H21F3N4S2.HI/c1-13(5-3-7-23-13)9-20-12(18-2)19-6-4-11-21-10(8-22-11)14(15,16)17;/h8H,3-7,9H2,1-2H3,(H2,18,19,20);1H. The second-order valence-electron chi connectivity index (χ2n) is 5.63. The van der Waals surface area contributed by atoms with Gasteiger partial charge in [0, 0.05) is 36.7 Å². The summed E-state index contributed by atoms with van der Waals surface area (Å²) < 4.78 is 37.7. The van der Waals surface area contributed by atoms with Crippen LogP contribution in [-0.2, 0) is 12.6 Å². The molecule has 0 spiro atoms. The molecule has 138 valence electrons. The molecule has 4 nitrogen and oxygen atoms in total. The van der Waals surface area contributed by atoms with Crippen LogP contribution in [0.1, 0.15) is 30.5 Å². The number of aromatic nitrogens is 1. The van der Waals surface area contributed by atoms with Crippen molar-refractivity contribution in [2.24, 2.45) is 4.99 Å². The van der Waals surface area contributed by atoms with E-state index in [1.165, 1.54) is 18.6 Å². The number of rotatable bonds is 5. The van der Waals surface area contributed by atoms with Crippen molar-refractivity contribution in [3.63, 3.8) is 0 Å². The molecule has 0 radical (unpaired) electrons. The number of alkyl halides is 3. The van der Waals surface area contributed by atoms with Crippen molar-refractivity contribution in [1.82, 2.24) is 15.6 Å². The summed E-state index contributed by atoms with van der Waals surface area (Å²) >= 11 is 3.00. The molecule has 2 heterocycles. The molecule has 0 saturated carbocycles. The largest absolute Gasteiger partial charge is 0.434 e. The monoisotopic (exact) mass is 494 g/mol. The molecule has 1 aromatic rings. The first-order valence-electron chi connectivity index (χ1n) is 7.42. The molecule has 0 bridgehead atoms. The summed E-state index contributed by atoms with van der Waals surface area (Å²) in [5, 5.41) is 7.94. The van der Waals surface area contributed by atoms with Crippen LogP contribution in [0.25, 0.3) is 0 Å². The maximum absolute atomic E-state index is 12.5. The molecular weight excluding hydrogens is 472 g/mol. The van der Waals surface area contributed by atoms with Crippen molar-refractivity contribution in [2.45, 2.75) is 37.1 Å². The van der Waals surface area contributed by atoms with Crippen LogP contribution in [0, 0.1) is 0 Å². The van der Waals surface area contributed by atoms with Crippen molar-refractivity contribution < 1.29 is 13.2 Å². The van der Waals surface area contributed by atoms with Gasteiger partial charge in [0.25, 0.3) is 0 Å². The van der Waals surface area contributed by atoms with Crippen LogP contribution >= 0.6 is 47.1 Å². The lowest BCUT2D eigenvalue weighted by atomic mass is 10.1. The van der Waals surface area contributed by atoms with E-state index in [4.69, 9.17) is 0 Å². The number of nitrogens with zero attached hydrogens (tertiary/aromatic N) is 2. The van der Waals surface area contributed by atoms with E-state index in [0.717, 1.165) is 23.3 Å². The third-order valence-electron chi connectivity index (χ3n) is 3.63. The Morgan fingerprint density at radius 2 is 2.17 bits per heavy atom. The van der Waals surface area contributed by atoms with E-state index in [0.29, 0.717) is 23.9 Å². The first-order chi connectivity index (χ1) is 10.8. The minimum Gasteiger partial charge on any atom is -0.356 e. The molecule has 1 saturated heterocycles. The first kappa shape index (κ1) is 21.8. The van der Waals surface area contributed by atoms with Crippen LogP contribution in [0.3, 0.4) is 0 Å². The Balaban J connectivity index is 0.00000288. The van der Waals surface area contributed by atoms with E-state index in [-0.39, 0.29) is 28.7 Å². The third kappa shape index (κ3) is 6.58. The zero-order valence-corrected chi connectivity index (χ0v) is 17.5. The summed E-state index contributed by atoms with van der Waals surface area (Å²) in [7, 11) is 1.69. The highest BCUT2D eigenvalue weighted by Gasteiger charge is 2.33. The summed E-state index contributed by atoms with van der Waals surface area (Å²) in [5.74, 6) is 1.86. The summed E-state index contributed by atoms with van der Waals surface area (Å²) in [4.78, 5) is 7.76. The second kappa shape index (κ2) is 9.46. The van der Waals surface area contributed by atoms with Crippen molar-refractivity contribution in [3.8, 4) is 0 Å². The molecular formula is C14H22F3IN4S2. The quantitative estimate of drug-likeness (QED) is 0.372. The molecule has 1 unspecified atom stereocenters. The fraction of sp³-hybridized carbons (Fsp3) is 0.714. The van der Waals surface area contributed by atoms with Gasteiger partial charge in [0.1, 0.15) is 0 Å². The van der Waals surface area contributed by atoms with Crippen LogP contribution in [0.15, 0.2) is 10.4 Å². The lowest BCUT2D eigenvalue weighted by Gasteiger charge is -2.24. The van der Waals surface area contributed by atoms with E-state index in [9.17, 15) is 13.2 Å². The smallest absolute Gasteiger partial charge is 0.356 e. The molecule has 1 aliphatic rings. The zero-order chi connectivity index (χ0) is 16.9. The third-order valence-corrected chi connectivity index (χ3v) is 6.07. The minimum absolute atomic E-state index is 0. The lowest BCUT2D eigenvalue weighted by molar-refractivity contribution is -0.140. The van der Waals surface area contributed by atoms with Crippen LogP contribution < -0.4 is 10.6 Å². The van der Waals surface area contributed by atoms with Crippen molar-refractivity contribution in [1.29, 1.82) is 0 Å². The molecule has 1 aromatic heterocycles. The highest BCUT2D eigenvalue weighted by Crippen LogP contribution is 2.36. The van der Waals surface area contributed by atoms with E-state index in [2.05, 4.69) is 27.5 Å². The van der Waals surface area contributed by atoms with Crippen LogP contribution in [-0.4, -0.2) is 41.6 Å². The van der Waals surface area contributed by atoms with Crippen LogP contribution in [0.4, 0.5) is 13.2 Å². The van der Waals surface area contributed by atoms with E-state index >= 15 is 0 Å². The topological polar surface area (TPSA) is 49.3 Å². The van der Waals surface area contributed by atoms with Gasteiger partial charge in [-0.15, -0.1) is 35.3 Å². The average molecular weight is 494 g/mol. The van der Waals surface area contributed by atoms with Crippen molar-refractivity contribution in [2.75, 3.05) is 25.9 Å². The average Bonchev–Trinajstić information content (AvgIpc) is 3.12. The Morgan fingerprint density at radius 3 is 2.71 bits per heavy atom. The summed E-state index contributed by atoms with van der Waals surface area (Å²) in [6, 6.07) is 0. The summed E-state index contributed by atoms with van der Waals surface area (Å²) in [5.41, 5.74) is -0.814. The van der Waals surface area contributed by atoms with Gasteiger partial charge in [-0.05, 0) is 25.5 Å². The van der Waals surface area contributed by atoms with E-state index < -0.39 is 11.9 Å². The van der Waals surface area contributed by atoms with Gasteiger partial charge in [-0.25, -0.2) is 4.98 Å². The van der Waals surface area contributed by atoms with Gasteiger partial charge in [-0.2, -0.15) is 24.9 Å². The number of thiazole rings is 1. The van der Waals surface area contributed by atoms with Gasteiger partial charge >= 0.3 is 6.18 Å². The van der Waals surface area contributed by atoms with Gasteiger partial charge in [0.05, 0.1) is 5.01 Å². The summed E-state index contributed by atoms with van der Waals surface area (Å²) in [6.45, 7) is 3.56. The Labute approximate surface area is 165 Å². The lowest BCUT2D eigenvalue weighted by Crippen LogP contribution is -2.44. The Hall–Kier alpha value is -0.230. The molecule has 1 fully saturated rings. The molecule has 2 rings (SSSR count). The number of thioether (sulfide) groups is 1. The highest BCUT2D eigenvalue weighted by atomic mass is 127. The van der Waals surface area contributed by atoms with Gasteiger partial charge < -0.3 is 10.6 Å². The maximum Gasteiger partial charge on any atom is 0.434 e.